The second-order valence-electron chi connectivity index (χ2n) is 5.25. The summed E-state index contributed by atoms with van der Waals surface area (Å²) in [5.74, 6) is 0. The normalized spacial score (nSPS) is 10.6. The molecule has 0 bridgehead atoms. The molecule has 1 N–H and O–H groups in total. The van der Waals surface area contributed by atoms with Crippen molar-refractivity contribution in [1.29, 1.82) is 5.26 Å². The summed E-state index contributed by atoms with van der Waals surface area (Å²) in [7, 11) is 0. The van der Waals surface area contributed by atoms with Gasteiger partial charge in [0.2, 0.25) is 0 Å². The molecule has 4 nitrogen and oxygen atoms in total. The average Bonchev–Trinajstić information content (AvgIpc) is 2.96. The summed E-state index contributed by atoms with van der Waals surface area (Å²) < 4.78 is 2.05. The van der Waals surface area contributed by atoms with Crippen LogP contribution in [-0.2, 0) is 6.54 Å². The molecule has 0 aliphatic heterocycles. The maximum Gasteiger partial charge on any atom is 0.0992 e. The Morgan fingerprint density at radius 3 is 2.71 bits per heavy atom. The van der Waals surface area contributed by atoms with Crippen molar-refractivity contribution in [2.24, 2.45) is 0 Å². The second-order valence-corrected chi connectivity index (χ2v) is 5.25. The van der Waals surface area contributed by atoms with Crippen LogP contribution in [0.25, 0.3) is 0 Å². The van der Waals surface area contributed by atoms with Crippen LogP contribution in [0.3, 0.4) is 0 Å². The van der Waals surface area contributed by atoms with Crippen molar-refractivity contribution in [3.05, 3.63) is 47.3 Å². The first-order valence-electron chi connectivity index (χ1n) is 7.46. The molecule has 1 aromatic carbocycles. The third-order valence-corrected chi connectivity index (χ3v) is 3.81. The van der Waals surface area contributed by atoms with Crippen molar-refractivity contribution in [3.8, 4) is 6.07 Å². The van der Waals surface area contributed by atoms with Crippen molar-refractivity contribution in [2.75, 3.05) is 5.32 Å². The molecule has 0 unspecified atom stereocenters. The number of aryl methyl sites for hydroxylation is 1. The summed E-state index contributed by atoms with van der Waals surface area (Å²) in [4.78, 5) is 0. The number of anilines is 1. The molecule has 0 amide bonds. The van der Waals surface area contributed by atoms with Gasteiger partial charge in [-0.25, -0.2) is 0 Å². The topological polar surface area (TPSA) is 53.6 Å². The highest BCUT2D eigenvalue weighted by Crippen LogP contribution is 2.18. The van der Waals surface area contributed by atoms with Gasteiger partial charge < -0.3 is 5.32 Å². The van der Waals surface area contributed by atoms with Crippen LogP contribution in [0.15, 0.2) is 30.5 Å². The van der Waals surface area contributed by atoms with Crippen LogP contribution in [0.5, 0.6) is 0 Å². The predicted molar refractivity (Wildman–Crippen MR) is 85.1 cm³/mol. The Morgan fingerprint density at radius 1 is 1.29 bits per heavy atom. The highest BCUT2D eigenvalue weighted by Gasteiger charge is 2.08. The quantitative estimate of drug-likeness (QED) is 0.870. The van der Waals surface area contributed by atoms with Crippen molar-refractivity contribution >= 4 is 5.69 Å². The number of nitrogens with one attached hydrogen (secondary N) is 1. The van der Waals surface area contributed by atoms with Crippen molar-refractivity contribution in [3.63, 3.8) is 0 Å². The van der Waals surface area contributed by atoms with Gasteiger partial charge in [-0.2, -0.15) is 10.4 Å². The van der Waals surface area contributed by atoms with E-state index in [1.807, 2.05) is 31.3 Å². The van der Waals surface area contributed by atoms with Gasteiger partial charge in [-0.15, -0.1) is 0 Å². The fourth-order valence-corrected chi connectivity index (χ4v) is 2.41. The van der Waals surface area contributed by atoms with Crippen LogP contribution in [0.2, 0.25) is 0 Å². The van der Waals surface area contributed by atoms with E-state index in [0.29, 0.717) is 18.2 Å². The maximum absolute atomic E-state index is 8.96. The smallest absolute Gasteiger partial charge is 0.0992 e. The van der Waals surface area contributed by atoms with E-state index < -0.39 is 0 Å². The Kier molecular flexibility index (Phi) is 4.99. The fourth-order valence-electron chi connectivity index (χ4n) is 2.41. The zero-order valence-corrected chi connectivity index (χ0v) is 12.9. The van der Waals surface area contributed by atoms with Crippen LogP contribution >= 0.6 is 0 Å². The lowest BCUT2D eigenvalue weighted by Gasteiger charge is -2.12. The van der Waals surface area contributed by atoms with Crippen LogP contribution in [0.4, 0.5) is 5.69 Å². The lowest BCUT2D eigenvalue weighted by atomic mass is 10.1. The minimum Gasteiger partial charge on any atom is -0.379 e. The molecule has 0 saturated heterocycles. The molecule has 21 heavy (non-hydrogen) atoms. The number of aromatic nitrogens is 2. The zero-order chi connectivity index (χ0) is 15.2. The third kappa shape index (κ3) is 3.63. The monoisotopic (exact) mass is 282 g/mol. The molecule has 1 aromatic heterocycles. The summed E-state index contributed by atoms with van der Waals surface area (Å²) in [6.45, 7) is 7.07. The molecule has 0 spiro atoms. The van der Waals surface area contributed by atoms with Crippen LogP contribution < -0.4 is 5.32 Å². The molecular weight excluding hydrogens is 260 g/mol. The number of benzene rings is 1. The molecule has 0 aliphatic rings. The molecule has 2 rings (SSSR count). The zero-order valence-electron chi connectivity index (χ0n) is 12.9. The first-order chi connectivity index (χ1) is 10.2. The standard InChI is InChI=1S/C17H22N4/c1-4-16(5-2)21-9-8-15(20-21)12-19-17-10-14(11-18)7-6-13(17)3/h6-10,16,19H,4-5,12H2,1-3H3. The number of nitrogens with zero attached hydrogens (tertiary/aromatic N) is 3. The molecule has 0 radical (unpaired) electrons. The number of hydrogen-bond acceptors (Lipinski definition) is 3. The van der Waals surface area contributed by atoms with E-state index in [1.165, 1.54) is 0 Å². The first kappa shape index (κ1) is 15.1. The molecule has 2 aromatic rings. The minimum atomic E-state index is 0.474. The van der Waals surface area contributed by atoms with Crippen molar-refractivity contribution in [1.82, 2.24) is 9.78 Å². The van der Waals surface area contributed by atoms with E-state index in [1.54, 1.807) is 0 Å². The Bertz CT molecular complexity index is 632. The molecule has 110 valence electrons. The Morgan fingerprint density at radius 2 is 2.05 bits per heavy atom. The SMILES string of the molecule is CCC(CC)n1ccc(CNc2cc(C#N)ccc2C)n1. The van der Waals surface area contributed by atoms with E-state index in [2.05, 4.69) is 41.1 Å². The first-order valence-corrected chi connectivity index (χ1v) is 7.46. The van der Waals surface area contributed by atoms with Crippen molar-refractivity contribution in [2.45, 2.75) is 46.2 Å². The van der Waals surface area contributed by atoms with Gasteiger partial charge in [0.25, 0.3) is 0 Å². The molecule has 4 heteroatoms. The van der Waals surface area contributed by atoms with Gasteiger partial charge in [0.15, 0.2) is 0 Å². The largest absolute Gasteiger partial charge is 0.379 e. The molecule has 0 saturated carbocycles. The van der Waals surface area contributed by atoms with Crippen LogP contribution in [0, 0.1) is 18.3 Å². The van der Waals surface area contributed by atoms with Gasteiger partial charge >= 0.3 is 0 Å². The molecular formula is C17H22N4. The third-order valence-electron chi connectivity index (χ3n) is 3.81. The number of nitriles is 1. The van der Waals surface area contributed by atoms with Crippen LogP contribution in [0.1, 0.15) is 49.6 Å². The number of rotatable bonds is 6. The summed E-state index contributed by atoms with van der Waals surface area (Å²) in [5, 5.41) is 17.0. The van der Waals surface area contributed by atoms with E-state index in [0.717, 1.165) is 29.8 Å². The van der Waals surface area contributed by atoms with Gasteiger partial charge in [-0.05, 0) is 43.5 Å². The summed E-state index contributed by atoms with van der Waals surface area (Å²) in [5.41, 5.74) is 3.81. The van der Waals surface area contributed by atoms with E-state index >= 15 is 0 Å². The van der Waals surface area contributed by atoms with E-state index in [9.17, 15) is 0 Å². The minimum absolute atomic E-state index is 0.474. The second kappa shape index (κ2) is 6.94. The maximum atomic E-state index is 8.96. The van der Waals surface area contributed by atoms with Gasteiger partial charge in [-0.1, -0.05) is 19.9 Å². The lowest BCUT2D eigenvalue weighted by Crippen LogP contribution is -2.09. The van der Waals surface area contributed by atoms with E-state index in [-0.39, 0.29) is 0 Å². The Balaban J connectivity index is 2.05. The lowest BCUT2D eigenvalue weighted by molar-refractivity contribution is 0.426. The van der Waals surface area contributed by atoms with Gasteiger partial charge in [0.1, 0.15) is 0 Å². The molecule has 0 atom stereocenters. The van der Waals surface area contributed by atoms with Gasteiger partial charge in [0.05, 0.1) is 29.9 Å². The molecule has 1 heterocycles. The molecule has 0 fully saturated rings. The highest BCUT2D eigenvalue weighted by molar-refractivity contribution is 5.55. The molecule has 0 aliphatic carbocycles. The summed E-state index contributed by atoms with van der Waals surface area (Å²) >= 11 is 0. The Labute approximate surface area is 126 Å². The summed E-state index contributed by atoms with van der Waals surface area (Å²) in [6.07, 6.45) is 4.23. The fraction of sp³-hybridized carbons (Fsp3) is 0.412. The highest BCUT2D eigenvalue weighted by atomic mass is 15.3. The summed E-state index contributed by atoms with van der Waals surface area (Å²) in [6, 6.07) is 10.4. The van der Waals surface area contributed by atoms with E-state index in [4.69, 9.17) is 5.26 Å². The van der Waals surface area contributed by atoms with Crippen molar-refractivity contribution < 1.29 is 0 Å². The number of hydrogen-bond donors (Lipinski definition) is 1. The van der Waals surface area contributed by atoms with Crippen LogP contribution in [-0.4, -0.2) is 9.78 Å². The Hall–Kier alpha value is -2.28. The average molecular weight is 282 g/mol. The van der Waals surface area contributed by atoms with Gasteiger partial charge in [0, 0.05) is 11.9 Å². The predicted octanol–water partition coefficient (Wildman–Crippen LogP) is 4.04. The van der Waals surface area contributed by atoms with Gasteiger partial charge in [-0.3, -0.25) is 4.68 Å².